The van der Waals surface area contributed by atoms with E-state index in [0.29, 0.717) is 0 Å². The van der Waals surface area contributed by atoms with Gasteiger partial charge in [-0.1, -0.05) is 30.0 Å². The molecule has 1 aromatic carbocycles. The number of ether oxygens (including phenoxy) is 1. The highest BCUT2D eigenvalue weighted by molar-refractivity contribution is 7.20. The number of hydrogen-bond donors (Lipinski definition) is 0. The second-order valence-corrected chi connectivity index (χ2v) is 7.84. The van der Waals surface area contributed by atoms with Gasteiger partial charge in [-0.05, 0) is 41.2 Å². The average molecular weight is 426 g/mol. The Bertz CT molecular complexity index is 932. The Balaban J connectivity index is 1.74. The first kappa shape index (κ1) is 21.6. The molecule has 0 aliphatic carbocycles. The van der Waals surface area contributed by atoms with Crippen LogP contribution in [0.3, 0.4) is 0 Å². The lowest BCUT2D eigenvalue weighted by atomic mass is 10.1. The Morgan fingerprint density at radius 3 is 2.79 bits per heavy atom. The number of nitrogens with zero attached hydrogens (tertiary/aromatic N) is 2. The van der Waals surface area contributed by atoms with Crippen LogP contribution in [0.15, 0.2) is 53.4 Å². The molecule has 0 saturated carbocycles. The summed E-state index contributed by atoms with van der Waals surface area (Å²) in [6.45, 7) is 4.56. The number of halogens is 1. The molecular formula is C23H24FN2OPS. The molecule has 1 aromatic heterocycles. The van der Waals surface area contributed by atoms with Gasteiger partial charge in [-0.15, -0.1) is 20.6 Å². The minimum absolute atomic E-state index is 0.234. The number of benzene rings is 1. The standard InChI is InChI=1S/C23H24FN2OPS/c24-21-8-6-19(7-9-21)23-20(4-3-10-25-11-17-28)18-22(29-23)5-1-2-12-26-13-15-27-16-14-26/h3-4,6-11,17-18H,2,12-16,28H2/b4-3+,17-11-,25-10+. The molecule has 1 saturated heterocycles. The van der Waals surface area contributed by atoms with Crippen molar-refractivity contribution in [3.8, 4) is 22.3 Å². The predicted molar refractivity (Wildman–Crippen MR) is 125 cm³/mol. The molecular weight excluding hydrogens is 402 g/mol. The summed E-state index contributed by atoms with van der Waals surface area (Å²) in [6, 6.07) is 8.67. The molecule has 0 spiro atoms. The lowest BCUT2D eigenvalue weighted by Gasteiger charge is -2.25. The van der Waals surface area contributed by atoms with Crippen molar-refractivity contribution in [2.75, 3.05) is 32.8 Å². The lowest BCUT2D eigenvalue weighted by Crippen LogP contribution is -2.36. The molecule has 1 fully saturated rings. The van der Waals surface area contributed by atoms with Crippen LogP contribution in [0.2, 0.25) is 0 Å². The minimum Gasteiger partial charge on any atom is -0.379 e. The Morgan fingerprint density at radius 2 is 2.03 bits per heavy atom. The molecule has 1 unspecified atom stereocenters. The topological polar surface area (TPSA) is 24.8 Å². The maximum atomic E-state index is 13.3. The molecule has 6 heteroatoms. The van der Waals surface area contributed by atoms with E-state index in [-0.39, 0.29) is 5.82 Å². The molecule has 1 atom stereocenters. The number of morpholine rings is 1. The summed E-state index contributed by atoms with van der Waals surface area (Å²) in [5.74, 6) is 8.14. The number of hydrogen-bond acceptors (Lipinski definition) is 4. The summed E-state index contributed by atoms with van der Waals surface area (Å²) in [7, 11) is 2.48. The van der Waals surface area contributed by atoms with Gasteiger partial charge >= 0.3 is 0 Å². The van der Waals surface area contributed by atoms with Gasteiger partial charge < -0.3 is 4.74 Å². The van der Waals surface area contributed by atoms with Crippen LogP contribution in [0, 0.1) is 17.7 Å². The number of aliphatic imine (C=N–C) groups is 1. The fourth-order valence-corrected chi connectivity index (χ4v) is 4.03. The second kappa shape index (κ2) is 11.8. The maximum absolute atomic E-state index is 13.3. The van der Waals surface area contributed by atoms with Gasteiger partial charge in [0, 0.05) is 43.3 Å². The third-order valence-corrected chi connectivity index (χ3v) is 5.64. The first-order valence-electron chi connectivity index (χ1n) is 9.51. The van der Waals surface area contributed by atoms with Crippen LogP contribution in [-0.2, 0) is 4.74 Å². The minimum atomic E-state index is -0.234. The van der Waals surface area contributed by atoms with Crippen molar-refractivity contribution in [1.29, 1.82) is 0 Å². The van der Waals surface area contributed by atoms with E-state index in [4.69, 9.17) is 4.74 Å². The van der Waals surface area contributed by atoms with Crippen molar-refractivity contribution in [2.24, 2.45) is 4.99 Å². The van der Waals surface area contributed by atoms with Gasteiger partial charge in [0.05, 0.1) is 18.1 Å². The zero-order valence-electron chi connectivity index (χ0n) is 16.2. The zero-order chi connectivity index (χ0) is 20.3. The average Bonchev–Trinajstić information content (AvgIpc) is 3.15. The molecule has 2 aromatic rings. The molecule has 150 valence electrons. The zero-order valence-corrected chi connectivity index (χ0v) is 18.2. The summed E-state index contributed by atoms with van der Waals surface area (Å²) in [4.78, 5) is 8.60. The summed E-state index contributed by atoms with van der Waals surface area (Å²) >= 11 is 1.63. The van der Waals surface area contributed by atoms with Crippen molar-refractivity contribution in [1.82, 2.24) is 4.90 Å². The van der Waals surface area contributed by atoms with Crippen molar-refractivity contribution in [3.05, 3.63) is 64.7 Å². The van der Waals surface area contributed by atoms with Gasteiger partial charge in [-0.3, -0.25) is 9.89 Å². The third-order valence-electron chi connectivity index (χ3n) is 4.36. The molecule has 0 amide bonds. The second-order valence-electron chi connectivity index (χ2n) is 6.41. The molecule has 2 heterocycles. The van der Waals surface area contributed by atoms with E-state index in [1.165, 1.54) is 12.1 Å². The highest BCUT2D eigenvalue weighted by Gasteiger charge is 2.10. The highest BCUT2D eigenvalue weighted by Crippen LogP contribution is 2.33. The van der Waals surface area contributed by atoms with E-state index in [1.54, 1.807) is 41.7 Å². The van der Waals surface area contributed by atoms with Crippen LogP contribution in [0.1, 0.15) is 16.9 Å². The van der Waals surface area contributed by atoms with Crippen LogP contribution in [0.25, 0.3) is 16.5 Å². The van der Waals surface area contributed by atoms with Crippen molar-refractivity contribution >= 4 is 32.9 Å². The Morgan fingerprint density at radius 1 is 1.24 bits per heavy atom. The lowest BCUT2D eigenvalue weighted by molar-refractivity contribution is 0.0390. The summed E-state index contributed by atoms with van der Waals surface area (Å²) in [6.07, 6.45) is 8.18. The van der Waals surface area contributed by atoms with Gasteiger partial charge in [-0.25, -0.2) is 4.39 Å². The van der Waals surface area contributed by atoms with E-state index < -0.39 is 0 Å². The third kappa shape index (κ3) is 7.03. The van der Waals surface area contributed by atoms with Crippen LogP contribution in [0.4, 0.5) is 4.39 Å². The van der Waals surface area contributed by atoms with Gasteiger partial charge in [0.15, 0.2) is 0 Å². The van der Waals surface area contributed by atoms with Crippen molar-refractivity contribution in [2.45, 2.75) is 6.42 Å². The number of thiophene rings is 1. The summed E-state index contributed by atoms with van der Waals surface area (Å²) < 4.78 is 18.7. The van der Waals surface area contributed by atoms with Gasteiger partial charge in [0.25, 0.3) is 0 Å². The number of allylic oxidation sites excluding steroid dienone is 1. The maximum Gasteiger partial charge on any atom is 0.123 e. The molecule has 0 N–H and O–H groups in total. The SMILES string of the molecule is Fc1ccc(-c2sc(C#CCCN3CCOCC3)cc2/C=C/C=N/C=C\P)cc1. The Hall–Kier alpha value is -2.09. The van der Waals surface area contributed by atoms with Crippen LogP contribution < -0.4 is 0 Å². The van der Waals surface area contributed by atoms with Gasteiger partial charge in [0.2, 0.25) is 0 Å². The van der Waals surface area contributed by atoms with Crippen LogP contribution in [0.5, 0.6) is 0 Å². The monoisotopic (exact) mass is 426 g/mol. The first-order valence-corrected chi connectivity index (χ1v) is 11.0. The Labute approximate surface area is 178 Å². The smallest absolute Gasteiger partial charge is 0.123 e. The molecule has 0 radical (unpaired) electrons. The predicted octanol–water partition coefficient (Wildman–Crippen LogP) is 5.06. The largest absolute Gasteiger partial charge is 0.379 e. The van der Waals surface area contributed by atoms with E-state index in [1.807, 2.05) is 12.2 Å². The van der Waals surface area contributed by atoms with E-state index >= 15 is 0 Å². The fraction of sp³-hybridized carbons (Fsp3) is 0.261. The van der Waals surface area contributed by atoms with E-state index in [9.17, 15) is 4.39 Å². The normalized spacial score (nSPS) is 15.4. The molecule has 3 rings (SSSR count). The molecule has 3 nitrogen and oxygen atoms in total. The number of rotatable bonds is 6. The quantitative estimate of drug-likeness (QED) is 0.367. The first-order chi connectivity index (χ1) is 14.3. The van der Waals surface area contributed by atoms with E-state index in [2.05, 4.69) is 37.0 Å². The van der Waals surface area contributed by atoms with E-state index in [0.717, 1.165) is 60.2 Å². The van der Waals surface area contributed by atoms with Crippen LogP contribution in [-0.4, -0.2) is 44.0 Å². The molecule has 1 aliphatic rings. The van der Waals surface area contributed by atoms with Gasteiger partial charge in [-0.2, -0.15) is 0 Å². The summed E-state index contributed by atoms with van der Waals surface area (Å²) in [5.41, 5.74) is 2.04. The van der Waals surface area contributed by atoms with Gasteiger partial charge in [0.1, 0.15) is 5.82 Å². The van der Waals surface area contributed by atoms with Crippen molar-refractivity contribution < 1.29 is 9.13 Å². The summed E-state index contributed by atoms with van der Waals surface area (Å²) in [5, 5.41) is 0. The molecule has 1 aliphatic heterocycles. The Kier molecular flexibility index (Phi) is 8.80. The van der Waals surface area contributed by atoms with Crippen LogP contribution >= 0.6 is 20.6 Å². The molecule has 29 heavy (non-hydrogen) atoms. The highest BCUT2D eigenvalue weighted by atomic mass is 32.1. The van der Waals surface area contributed by atoms with Crippen molar-refractivity contribution in [3.63, 3.8) is 0 Å². The fourth-order valence-electron chi connectivity index (χ4n) is 2.90. The molecule has 0 bridgehead atoms.